The molecule has 0 bridgehead atoms. The minimum Gasteiger partial charge on any atom is -0.397 e. The first-order valence-electron chi connectivity index (χ1n) is 5.33. The molecule has 0 saturated heterocycles. The van der Waals surface area contributed by atoms with E-state index in [0.29, 0.717) is 0 Å². The van der Waals surface area contributed by atoms with Gasteiger partial charge in [-0.1, -0.05) is 20.8 Å². The van der Waals surface area contributed by atoms with Crippen LogP contribution in [0.5, 0.6) is 0 Å². The van der Waals surface area contributed by atoms with E-state index in [1.807, 2.05) is 6.92 Å². The van der Waals surface area contributed by atoms with E-state index in [2.05, 4.69) is 33.4 Å². The van der Waals surface area contributed by atoms with Gasteiger partial charge in [-0.2, -0.15) is 12.6 Å². The van der Waals surface area contributed by atoms with Crippen LogP contribution >= 0.6 is 12.6 Å². The van der Waals surface area contributed by atoms with Crippen LogP contribution in [0.4, 0.5) is 0 Å². The van der Waals surface area contributed by atoms with Crippen molar-refractivity contribution < 1.29 is 8.85 Å². The van der Waals surface area contributed by atoms with Crippen molar-refractivity contribution in [3.8, 4) is 0 Å². The quantitative estimate of drug-likeness (QED) is 0.541. The molecule has 0 aromatic rings. The smallest absolute Gasteiger partial charge is 0.321 e. The highest BCUT2D eigenvalue weighted by molar-refractivity contribution is 7.80. The Morgan fingerprint density at radius 3 is 2.29 bits per heavy atom. The van der Waals surface area contributed by atoms with Crippen LogP contribution in [0.1, 0.15) is 34.1 Å². The Labute approximate surface area is 95.6 Å². The Morgan fingerprint density at radius 1 is 1.21 bits per heavy atom. The van der Waals surface area contributed by atoms with E-state index >= 15 is 0 Å². The molecule has 86 valence electrons. The third-order valence-electron chi connectivity index (χ3n) is 1.65. The third kappa shape index (κ3) is 9.06. The van der Waals surface area contributed by atoms with Crippen molar-refractivity contribution in [2.75, 3.05) is 19.0 Å². The van der Waals surface area contributed by atoms with Gasteiger partial charge in [0.25, 0.3) is 0 Å². The van der Waals surface area contributed by atoms with Gasteiger partial charge in [-0.15, -0.1) is 0 Å². The molecule has 0 aliphatic rings. The molecule has 0 amide bonds. The van der Waals surface area contributed by atoms with Gasteiger partial charge >= 0.3 is 9.28 Å². The molecule has 0 aromatic carbocycles. The summed E-state index contributed by atoms with van der Waals surface area (Å²) in [6.07, 6.45) is 1.10. The van der Waals surface area contributed by atoms with E-state index in [1.54, 1.807) is 0 Å². The van der Waals surface area contributed by atoms with Crippen molar-refractivity contribution in [3.63, 3.8) is 0 Å². The van der Waals surface area contributed by atoms with Gasteiger partial charge in [0.15, 0.2) is 0 Å². The Bertz CT molecular complexity index is 137. The summed E-state index contributed by atoms with van der Waals surface area (Å²) < 4.78 is 11.5. The molecule has 0 heterocycles. The first kappa shape index (κ1) is 14.5. The molecule has 0 aliphatic heterocycles. The zero-order valence-corrected chi connectivity index (χ0v) is 11.9. The van der Waals surface area contributed by atoms with Gasteiger partial charge in [0.1, 0.15) is 0 Å². The molecule has 1 unspecified atom stereocenters. The highest BCUT2D eigenvalue weighted by Gasteiger charge is 2.17. The molecular formula is C10H24O2SSi. The topological polar surface area (TPSA) is 18.5 Å². The van der Waals surface area contributed by atoms with Crippen molar-refractivity contribution in [2.24, 2.45) is 5.41 Å². The molecule has 14 heavy (non-hydrogen) atoms. The lowest BCUT2D eigenvalue weighted by atomic mass is 9.99. The first-order valence-corrected chi connectivity index (χ1v) is 7.73. The zero-order chi connectivity index (χ0) is 11.0. The maximum absolute atomic E-state index is 5.83. The van der Waals surface area contributed by atoms with Crippen LogP contribution in [0, 0.1) is 5.41 Å². The fourth-order valence-corrected chi connectivity index (χ4v) is 3.55. The summed E-state index contributed by atoms with van der Waals surface area (Å²) in [6, 6.07) is 1.08. The van der Waals surface area contributed by atoms with Crippen LogP contribution in [0.15, 0.2) is 0 Å². The second kappa shape index (κ2) is 7.74. The van der Waals surface area contributed by atoms with Crippen molar-refractivity contribution in [1.29, 1.82) is 0 Å². The van der Waals surface area contributed by atoms with Crippen LogP contribution in [-0.2, 0) is 8.85 Å². The van der Waals surface area contributed by atoms with Gasteiger partial charge in [0.2, 0.25) is 0 Å². The summed E-state index contributed by atoms with van der Waals surface area (Å²) in [7, 11) is -1.40. The molecule has 0 aromatic heterocycles. The fraction of sp³-hybridized carbons (Fsp3) is 1.00. The number of hydrogen-bond acceptors (Lipinski definition) is 3. The summed E-state index contributed by atoms with van der Waals surface area (Å²) in [5.41, 5.74) is 0.239. The molecule has 0 saturated carbocycles. The average Bonchev–Trinajstić information content (AvgIpc) is 2.08. The predicted octanol–water partition coefficient (Wildman–Crippen LogP) is 2.63. The number of rotatable bonds is 7. The lowest BCUT2D eigenvalue weighted by Gasteiger charge is -2.22. The molecule has 4 heteroatoms. The standard InChI is InChI=1S/C10H24O2SSi/c1-5-11-14(8-6-7-13)12-9-10(2,3)4/h13-14H,5-9H2,1-4H3. The SMILES string of the molecule is CCO[SiH](CCCS)OCC(C)(C)C. The van der Waals surface area contributed by atoms with Crippen molar-refractivity contribution in [2.45, 2.75) is 40.2 Å². The van der Waals surface area contributed by atoms with E-state index in [9.17, 15) is 0 Å². The summed E-state index contributed by atoms with van der Waals surface area (Å²) in [4.78, 5) is 0. The highest BCUT2D eigenvalue weighted by atomic mass is 32.1. The molecule has 1 atom stereocenters. The summed E-state index contributed by atoms with van der Waals surface area (Å²) >= 11 is 4.20. The van der Waals surface area contributed by atoms with Crippen LogP contribution in [0.25, 0.3) is 0 Å². The Hall–Kier alpha value is 0.487. The summed E-state index contributed by atoms with van der Waals surface area (Å²) in [5, 5.41) is 0. The first-order chi connectivity index (χ1) is 6.49. The van der Waals surface area contributed by atoms with E-state index in [-0.39, 0.29) is 5.41 Å². The van der Waals surface area contributed by atoms with Crippen molar-refractivity contribution in [1.82, 2.24) is 0 Å². The zero-order valence-electron chi connectivity index (χ0n) is 9.88. The summed E-state index contributed by atoms with van der Waals surface area (Å²) in [5.74, 6) is 0.926. The molecule has 0 aliphatic carbocycles. The van der Waals surface area contributed by atoms with Crippen molar-refractivity contribution in [3.05, 3.63) is 0 Å². The van der Waals surface area contributed by atoms with Gasteiger partial charge in [-0.25, -0.2) is 0 Å². The predicted molar refractivity (Wildman–Crippen MR) is 67.5 cm³/mol. The molecule has 0 N–H and O–H groups in total. The summed E-state index contributed by atoms with van der Waals surface area (Å²) in [6.45, 7) is 10.2. The third-order valence-corrected chi connectivity index (χ3v) is 4.09. The number of hydrogen-bond donors (Lipinski definition) is 1. The van der Waals surface area contributed by atoms with Crippen LogP contribution in [-0.4, -0.2) is 28.3 Å². The van der Waals surface area contributed by atoms with E-state index in [0.717, 1.165) is 31.4 Å². The Kier molecular flexibility index (Phi) is 8.01. The van der Waals surface area contributed by atoms with Gasteiger partial charge < -0.3 is 8.85 Å². The van der Waals surface area contributed by atoms with Crippen LogP contribution in [0.2, 0.25) is 6.04 Å². The molecule has 2 nitrogen and oxygen atoms in total. The van der Waals surface area contributed by atoms with Crippen LogP contribution in [0.3, 0.4) is 0 Å². The Morgan fingerprint density at radius 2 is 1.86 bits per heavy atom. The molecule has 0 radical (unpaired) electrons. The van der Waals surface area contributed by atoms with Gasteiger partial charge in [-0.3, -0.25) is 0 Å². The monoisotopic (exact) mass is 236 g/mol. The molecule has 0 spiro atoms. The van der Waals surface area contributed by atoms with E-state index in [1.165, 1.54) is 0 Å². The maximum Gasteiger partial charge on any atom is 0.321 e. The second-order valence-electron chi connectivity index (χ2n) is 4.62. The highest BCUT2D eigenvalue weighted by Crippen LogP contribution is 2.15. The fourth-order valence-electron chi connectivity index (χ4n) is 1.00. The normalized spacial score (nSPS) is 14.4. The lowest BCUT2D eigenvalue weighted by Crippen LogP contribution is -2.28. The van der Waals surface area contributed by atoms with Gasteiger partial charge in [0, 0.05) is 13.2 Å². The minimum atomic E-state index is -1.40. The second-order valence-corrected chi connectivity index (χ2v) is 7.17. The average molecular weight is 236 g/mol. The van der Waals surface area contributed by atoms with E-state index in [4.69, 9.17) is 8.85 Å². The van der Waals surface area contributed by atoms with Crippen molar-refractivity contribution >= 4 is 21.9 Å². The minimum absolute atomic E-state index is 0.239. The Balaban J connectivity index is 3.72. The van der Waals surface area contributed by atoms with Gasteiger partial charge in [0.05, 0.1) is 0 Å². The largest absolute Gasteiger partial charge is 0.397 e. The van der Waals surface area contributed by atoms with E-state index < -0.39 is 9.28 Å². The number of thiol groups is 1. The molecule has 0 fully saturated rings. The lowest BCUT2D eigenvalue weighted by molar-refractivity contribution is 0.144. The molecule has 0 rings (SSSR count). The van der Waals surface area contributed by atoms with Crippen LogP contribution < -0.4 is 0 Å². The van der Waals surface area contributed by atoms with Gasteiger partial charge in [-0.05, 0) is 30.6 Å². The molecular weight excluding hydrogens is 212 g/mol. The maximum atomic E-state index is 5.83.